The molecule has 3 aromatic rings. The number of esters is 1. The van der Waals surface area contributed by atoms with Gasteiger partial charge in [-0.1, -0.05) is 36.4 Å². The summed E-state index contributed by atoms with van der Waals surface area (Å²) in [6.45, 7) is 0.876. The summed E-state index contributed by atoms with van der Waals surface area (Å²) < 4.78 is 9.97. The molecule has 2 aromatic carbocycles. The highest BCUT2D eigenvalue weighted by molar-refractivity contribution is 6.30. The van der Waals surface area contributed by atoms with Gasteiger partial charge in [-0.25, -0.2) is 0 Å². The van der Waals surface area contributed by atoms with E-state index in [9.17, 15) is 24.0 Å². The second-order valence-electron chi connectivity index (χ2n) is 7.21. The molecule has 2 amide bonds. The van der Waals surface area contributed by atoms with Crippen LogP contribution in [0.1, 0.15) is 49.3 Å². The molecule has 1 atom stereocenters. The summed E-state index contributed by atoms with van der Waals surface area (Å²) in [5, 5.41) is 4.87. The monoisotopic (exact) mass is 446 g/mol. The molecule has 2 N–H and O–H groups in total. The number of benzene rings is 2. The molecule has 0 aliphatic heterocycles. The van der Waals surface area contributed by atoms with Crippen molar-refractivity contribution in [1.29, 1.82) is 0 Å². The molecule has 0 saturated heterocycles. The van der Waals surface area contributed by atoms with Crippen LogP contribution in [0.15, 0.2) is 65.3 Å². The number of ketones is 2. The lowest BCUT2D eigenvalue weighted by Gasteiger charge is -2.21. The Kier molecular flexibility index (Phi) is 5.86. The summed E-state index contributed by atoms with van der Waals surface area (Å²) in [6, 6.07) is 14.0. The maximum atomic E-state index is 13.0. The van der Waals surface area contributed by atoms with Gasteiger partial charge in [0.05, 0.1) is 17.5 Å². The van der Waals surface area contributed by atoms with E-state index in [4.69, 9.17) is 9.15 Å². The van der Waals surface area contributed by atoms with Crippen LogP contribution in [-0.2, 0) is 14.3 Å². The lowest BCUT2D eigenvalue weighted by molar-refractivity contribution is -0.152. The lowest BCUT2D eigenvalue weighted by Crippen LogP contribution is -2.36. The minimum Gasteiger partial charge on any atom is -0.459 e. The minimum atomic E-state index is -1.23. The van der Waals surface area contributed by atoms with E-state index in [0.29, 0.717) is 5.56 Å². The molecule has 9 nitrogen and oxygen atoms in total. The highest BCUT2D eigenvalue weighted by atomic mass is 16.5. The van der Waals surface area contributed by atoms with E-state index in [2.05, 4.69) is 10.6 Å². The molecule has 0 spiro atoms. The first-order valence-corrected chi connectivity index (χ1v) is 10.0. The molecular weight excluding hydrogens is 428 g/mol. The van der Waals surface area contributed by atoms with Crippen LogP contribution in [0.2, 0.25) is 0 Å². The van der Waals surface area contributed by atoms with Crippen LogP contribution in [0.4, 0.5) is 5.69 Å². The molecule has 1 aliphatic rings. The molecule has 1 heterocycles. The molecule has 4 rings (SSSR count). The van der Waals surface area contributed by atoms with Gasteiger partial charge in [-0.3, -0.25) is 24.0 Å². The Balaban J connectivity index is 1.43. The standard InChI is InChI=1S/C24H18N2O7/c1-13(33-19(27)12-25-24(31)18-10-5-11-32-18)23(30)26-17-9-4-8-16-20(17)22(29)15-7-3-2-6-14(15)21(16)28/h2-11,13H,12H2,1H3,(H,25,31)(H,26,30). The summed E-state index contributed by atoms with van der Waals surface area (Å²) in [5.74, 6) is -2.82. The first-order chi connectivity index (χ1) is 15.9. The second-order valence-corrected chi connectivity index (χ2v) is 7.21. The van der Waals surface area contributed by atoms with Crippen molar-refractivity contribution in [3.8, 4) is 0 Å². The number of carbonyl (C=O) groups is 5. The van der Waals surface area contributed by atoms with Crippen molar-refractivity contribution in [2.45, 2.75) is 13.0 Å². The molecular formula is C24H18N2O7. The molecule has 1 aliphatic carbocycles. The molecule has 0 saturated carbocycles. The number of nitrogens with one attached hydrogen (secondary N) is 2. The Morgan fingerprint density at radius 1 is 0.909 bits per heavy atom. The van der Waals surface area contributed by atoms with Gasteiger partial charge in [0, 0.05) is 16.7 Å². The van der Waals surface area contributed by atoms with Crippen molar-refractivity contribution in [1.82, 2.24) is 5.32 Å². The zero-order valence-electron chi connectivity index (χ0n) is 17.4. The predicted octanol–water partition coefficient (Wildman–Crippen LogP) is 2.36. The average Bonchev–Trinajstić information content (AvgIpc) is 3.36. The molecule has 0 bridgehead atoms. The van der Waals surface area contributed by atoms with Crippen LogP contribution in [0.5, 0.6) is 0 Å². The SMILES string of the molecule is CC(OC(=O)CNC(=O)c1ccco1)C(=O)Nc1cccc2c1C(=O)c1ccccc1C2=O. The molecule has 33 heavy (non-hydrogen) atoms. The van der Waals surface area contributed by atoms with Gasteiger partial charge in [-0.15, -0.1) is 0 Å². The van der Waals surface area contributed by atoms with Gasteiger partial charge in [-0.2, -0.15) is 0 Å². The maximum Gasteiger partial charge on any atom is 0.326 e. The highest BCUT2D eigenvalue weighted by Crippen LogP contribution is 2.32. The zero-order chi connectivity index (χ0) is 23.5. The van der Waals surface area contributed by atoms with Gasteiger partial charge < -0.3 is 19.8 Å². The van der Waals surface area contributed by atoms with Gasteiger partial charge in [0.1, 0.15) is 6.54 Å². The summed E-state index contributed by atoms with van der Waals surface area (Å²) >= 11 is 0. The van der Waals surface area contributed by atoms with E-state index in [-0.39, 0.29) is 39.7 Å². The van der Waals surface area contributed by atoms with Crippen molar-refractivity contribution >= 4 is 35.0 Å². The molecule has 1 unspecified atom stereocenters. The van der Waals surface area contributed by atoms with E-state index in [1.807, 2.05) is 0 Å². The zero-order valence-corrected chi connectivity index (χ0v) is 17.4. The van der Waals surface area contributed by atoms with Crippen molar-refractivity contribution in [3.63, 3.8) is 0 Å². The Morgan fingerprint density at radius 3 is 2.30 bits per heavy atom. The van der Waals surface area contributed by atoms with E-state index < -0.39 is 30.4 Å². The Hall–Kier alpha value is -4.53. The van der Waals surface area contributed by atoms with Gasteiger partial charge in [0.2, 0.25) is 0 Å². The van der Waals surface area contributed by atoms with Crippen LogP contribution in [0.3, 0.4) is 0 Å². The van der Waals surface area contributed by atoms with E-state index in [0.717, 1.165) is 0 Å². The molecule has 1 aromatic heterocycles. The van der Waals surface area contributed by atoms with Crippen LogP contribution in [0.25, 0.3) is 0 Å². The van der Waals surface area contributed by atoms with Crippen LogP contribution in [-0.4, -0.2) is 42.0 Å². The highest BCUT2D eigenvalue weighted by Gasteiger charge is 2.32. The fourth-order valence-electron chi connectivity index (χ4n) is 3.42. The van der Waals surface area contributed by atoms with Gasteiger partial charge in [-0.05, 0) is 25.1 Å². The number of hydrogen-bond donors (Lipinski definition) is 2. The van der Waals surface area contributed by atoms with Crippen molar-refractivity contribution in [2.75, 3.05) is 11.9 Å². The molecule has 0 radical (unpaired) electrons. The minimum absolute atomic E-state index is 0.0308. The normalized spacial score (nSPS) is 12.9. The quantitative estimate of drug-likeness (QED) is 0.435. The number of ether oxygens (including phenoxy) is 1. The number of hydrogen-bond acceptors (Lipinski definition) is 7. The van der Waals surface area contributed by atoms with Crippen molar-refractivity contribution < 1.29 is 33.1 Å². The summed E-state index contributed by atoms with van der Waals surface area (Å²) in [5.41, 5.74) is 0.959. The lowest BCUT2D eigenvalue weighted by atomic mass is 9.83. The summed E-state index contributed by atoms with van der Waals surface area (Å²) in [4.78, 5) is 62.2. The Morgan fingerprint density at radius 2 is 1.61 bits per heavy atom. The fourth-order valence-corrected chi connectivity index (χ4v) is 3.42. The smallest absolute Gasteiger partial charge is 0.326 e. The van der Waals surface area contributed by atoms with E-state index in [1.165, 1.54) is 37.5 Å². The van der Waals surface area contributed by atoms with E-state index in [1.54, 1.807) is 30.3 Å². The van der Waals surface area contributed by atoms with Crippen LogP contribution < -0.4 is 10.6 Å². The van der Waals surface area contributed by atoms with Crippen molar-refractivity contribution in [3.05, 3.63) is 88.9 Å². The Labute approximate surface area is 187 Å². The average molecular weight is 446 g/mol. The maximum absolute atomic E-state index is 13.0. The van der Waals surface area contributed by atoms with Crippen LogP contribution >= 0.6 is 0 Å². The van der Waals surface area contributed by atoms with E-state index >= 15 is 0 Å². The third kappa shape index (κ3) is 4.29. The number of anilines is 1. The number of rotatable bonds is 6. The first kappa shape index (κ1) is 21.7. The molecule has 0 fully saturated rings. The summed E-state index contributed by atoms with van der Waals surface area (Å²) in [7, 11) is 0. The topological polar surface area (TPSA) is 132 Å². The summed E-state index contributed by atoms with van der Waals surface area (Å²) in [6.07, 6.45) is 0.0920. The van der Waals surface area contributed by atoms with Gasteiger partial charge in [0.25, 0.3) is 11.8 Å². The van der Waals surface area contributed by atoms with Gasteiger partial charge in [0.15, 0.2) is 23.4 Å². The second kappa shape index (κ2) is 8.91. The molecule has 9 heteroatoms. The van der Waals surface area contributed by atoms with Crippen LogP contribution in [0, 0.1) is 0 Å². The predicted molar refractivity (Wildman–Crippen MR) is 115 cm³/mol. The first-order valence-electron chi connectivity index (χ1n) is 10.0. The molecule has 166 valence electrons. The largest absolute Gasteiger partial charge is 0.459 e. The third-order valence-corrected chi connectivity index (χ3v) is 5.03. The number of furan rings is 1. The number of carbonyl (C=O) groups excluding carboxylic acids is 5. The van der Waals surface area contributed by atoms with Gasteiger partial charge >= 0.3 is 5.97 Å². The number of amides is 2. The fraction of sp³-hybridized carbons (Fsp3) is 0.125. The number of fused-ring (bicyclic) bond motifs is 2. The Bertz CT molecular complexity index is 1280. The third-order valence-electron chi connectivity index (χ3n) is 5.03. The van der Waals surface area contributed by atoms with Crippen molar-refractivity contribution in [2.24, 2.45) is 0 Å².